The monoisotopic (exact) mass is 562 g/mol. The fourth-order valence-corrected chi connectivity index (χ4v) is 4.91. The first-order valence-electron chi connectivity index (χ1n) is 18.9. The lowest BCUT2D eigenvalue weighted by Crippen LogP contribution is -2.00. The third-order valence-electron chi connectivity index (χ3n) is 6.97. The lowest BCUT2D eigenvalue weighted by molar-refractivity contribution is 0.669. The molecule has 0 aliphatic carbocycles. The molecular weight excluding hydrogens is 526 g/mol. The largest absolute Gasteiger partial charge is 0.456 e. The molecule has 0 fully saturated rings. The maximum atomic E-state index is 9.34. The van der Waals surface area contributed by atoms with Crippen LogP contribution in [0, 0.1) is 0 Å². The number of aromatic nitrogens is 3. The van der Waals surface area contributed by atoms with Crippen LogP contribution in [-0.4, -0.2) is 15.0 Å². The second-order valence-electron chi connectivity index (χ2n) is 9.63. The molecule has 0 bridgehead atoms. The highest BCUT2D eigenvalue weighted by atomic mass is 16.3. The smallest absolute Gasteiger partial charge is 0.164 e. The quantitative estimate of drug-likeness (QED) is 0.209. The molecule has 0 aliphatic rings. The fraction of sp³-hybridized carbons (Fsp3) is 0. The maximum absolute atomic E-state index is 9.34. The van der Waals surface area contributed by atoms with Crippen molar-refractivity contribution in [3.63, 3.8) is 0 Å². The van der Waals surface area contributed by atoms with Crippen LogP contribution in [0.5, 0.6) is 0 Å². The molecule has 2 aromatic heterocycles. The summed E-state index contributed by atoms with van der Waals surface area (Å²) in [4.78, 5) is 13.5. The summed E-state index contributed by atoms with van der Waals surface area (Å²) in [6, 6.07) is 20.1. The predicted octanol–water partition coefficient (Wildman–Crippen LogP) is 10.1. The molecule has 0 spiro atoms. The number of benzene rings is 6. The minimum Gasteiger partial charge on any atom is -0.456 e. The van der Waals surface area contributed by atoms with Crippen LogP contribution in [0.4, 0.5) is 0 Å². The Morgan fingerprint density at radius 2 is 1.05 bits per heavy atom. The fourth-order valence-electron chi connectivity index (χ4n) is 4.91. The first-order chi connectivity index (χ1) is 25.9. The highest BCUT2D eigenvalue weighted by molar-refractivity contribution is 6.13. The first-order valence-corrected chi connectivity index (χ1v) is 13.4. The van der Waals surface area contributed by atoms with Crippen LogP contribution in [0.3, 0.4) is 0 Å². The molecule has 0 aliphatic heterocycles. The van der Waals surface area contributed by atoms with E-state index in [-0.39, 0.29) is 62.1 Å². The Bertz CT molecular complexity index is 2800. The van der Waals surface area contributed by atoms with Crippen molar-refractivity contribution < 1.29 is 19.5 Å². The van der Waals surface area contributed by atoms with Crippen molar-refractivity contribution in [3.05, 3.63) is 151 Å². The molecular formula is C39H25N3O. The predicted molar refractivity (Wildman–Crippen MR) is 174 cm³/mol. The SMILES string of the molecule is [2H]c1c([2H])c([2H])c(-c2nc(-c3ccccc3)nc(-c3c([2H])c([2H])c4c(oc5c([2H])c([2H])c([2H])c(-c6ccc(-c7ccccc7)cc6)c54)c3[2H])n2)c([2H])c1[2H]. The third kappa shape index (κ3) is 4.65. The zero-order chi connectivity index (χ0) is 38.2. The average molecular weight is 563 g/mol. The standard InChI is InChI=1S/C39H25N3O/c1-4-11-26(12-5-1)27-19-21-28(22-20-27)32-17-10-18-34-36(32)33-24-23-31(25-35(33)43-34)39-41-37(29-13-6-2-7-14-29)40-38(42-39)30-15-8-3-9-16-30/h1-25H/i2D,6D,7D,10D,13D,14D,17D,18D,23D,24D,25D. The van der Waals surface area contributed by atoms with Crippen molar-refractivity contribution in [3.8, 4) is 56.4 Å². The molecule has 0 saturated heterocycles. The summed E-state index contributed by atoms with van der Waals surface area (Å²) in [7, 11) is 0. The van der Waals surface area contributed by atoms with Crippen LogP contribution in [0.15, 0.2) is 156 Å². The van der Waals surface area contributed by atoms with Gasteiger partial charge >= 0.3 is 0 Å². The number of fused-ring (bicyclic) bond motifs is 3. The molecule has 0 atom stereocenters. The van der Waals surface area contributed by atoms with Gasteiger partial charge in [0.05, 0.1) is 15.1 Å². The molecule has 6 aromatic carbocycles. The molecule has 8 aromatic rings. The molecule has 0 saturated carbocycles. The van der Waals surface area contributed by atoms with E-state index in [1.54, 1.807) is 42.5 Å². The van der Waals surface area contributed by atoms with E-state index >= 15 is 0 Å². The van der Waals surface area contributed by atoms with Gasteiger partial charge in [-0.05, 0) is 40.4 Å². The van der Waals surface area contributed by atoms with Crippen LogP contribution in [0.25, 0.3) is 78.4 Å². The van der Waals surface area contributed by atoms with Gasteiger partial charge in [0.1, 0.15) is 11.2 Å². The van der Waals surface area contributed by atoms with E-state index in [0.29, 0.717) is 11.1 Å². The van der Waals surface area contributed by atoms with E-state index in [0.717, 1.165) is 11.1 Å². The topological polar surface area (TPSA) is 51.8 Å². The van der Waals surface area contributed by atoms with Crippen LogP contribution in [0.1, 0.15) is 15.1 Å². The van der Waals surface area contributed by atoms with E-state index < -0.39 is 60.4 Å². The number of rotatable bonds is 5. The summed E-state index contributed by atoms with van der Waals surface area (Å²) in [5.74, 6) is -0.579. The number of hydrogen-bond acceptors (Lipinski definition) is 4. The van der Waals surface area contributed by atoms with E-state index in [2.05, 4.69) is 15.0 Å². The normalized spacial score (nSPS) is 14.8. The second-order valence-corrected chi connectivity index (χ2v) is 9.63. The number of hydrogen-bond donors (Lipinski definition) is 0. The lowest BCUT2D eigenvalue weighted by atomic mass is 9.96. The highest BCUT2D eigenvalue weighted by Crippen LogP contribution is 2.38. The molecule has 4 nitrogen and oxygen atoms in total. The summed E-state index contributed by atoms with van der Waals surface area (Å²) in [6.07, 6.45) is 0. The molecule has 0 N–H and O–H groups in total. The maximum Gasteiger partial charge on any atom is 0.164 e. The van der Waals surface area contributed by atoms with Gasteiger partial charge in [0.2, 0.25) is 0 Å². The van der Waals surface area contributed by atoms with Gasteiger partial charge in [0, 0.05) is 27.5 Å². The van der Waals surface area contributed by atoms with Crippen molar-refractivity contribution in [1.82, 2.24) is 15.0 Å². The Labute approximate surface area is 264 Å². The average Bonchev–Trinajstić information content (AvgIpc) is 3.60. The highest BCUT2D eigenvalue weighted by Gasteiger charge is 2.16. The van der Waals surface area contributed by atoms with E-state index in [1.807, 2.05) is 42.5 Å². The van der Waals surface area contributed by atoms with E-state index in [9.17, 15) is 4.11 Å². The third-order valence-corrected chi connectivity index (χ3v) is 6.97. The van der Waals surface area contributed by atoms with Gasteiger partial charge in [-0.15, -0.1) is 0 Å². The van der Waals surface area contributed by atoms with Gasteiger partial charge in [-0.3, -0.25) is 0 Å². The number of nitrogens with zero attached hydrogens (tertiary/aromatic N) is 3. The molecule has 0 unspecified atom stereocenters. The Morgan fingerprint density at radius 3 is 1.77 bits per heavy atom. The zero-order valence-corrected chi connectivity index (χ0v) is 22.3. The van der Waals surface area contributed by atoms with Crippen LogP contribution < -0.4 is 0 Å². The van der Waals surface area contributed by atoms with Crippen molar-refractivity contribution in [1.29, 1.82) is 0 Å². The van der Waals surface area contributed by atoms with Crippen molar-refractivity contribution in [2.45, 2.75) is 0 Å². The lowest BCUT2D eigenvalue weighted by Gasteiger charge is -2.08. The van der Waals surface area contributed by atoms with Gasteiger partial charge < -0.3 is 4.42 Å². The summed E-state index contributed by atoms with van der Waals surface area (Å²) >= 11 is 0. The van der Waals surface area contributed by atoms with Gasteiger partial charge in [0.15, 0.2) is 17.5 Å². The van der Waals surface area contributed by atoms with Crippen molar-refractivity contribution in [2.75, 3.05) is 0 Å². The Balaban J connectivity index is 1.41. The zero-order valence-electron chi connectivity index (χ0n) is 33.3. The molecule has 2 heterocycles. The minimum atomic E-state index is -0.604. The number of furan rings is 1. The van der Waals surface area contributed by atoms with Crippen LogP contribution in [-0.2, 0) is 0 Å². The molecule has 0 radical (unpaired) electrons. The Kier molecular flexibility index (Phi) is 3.90. The summed E-state index contributed by atoms with van der Waals surface area (Å²) in [5.41, 5.74) is 2.15. The summed E-state index contributed by atoms with van der Waals surface area (Å²) in [5, 5.41) is 0.138. The molecule has 43 heavy (non-hydrogen) atoms. The van der Waals surface area contributed by atoms with Crippen molar-refractivity contribution in [2.24, 2.45) is 0 Å². The summed E-state index contributed by atoms with van der Waals surface area (Å²) < 4.78 is 102. The Morgan fingerprint density at radius 1 is 0.442 bits per heavy atom. The Hall–Kier alpha value is -5.87. The second kappa shape index (κ2) is 10.5. The van der Waals surface area contributed by atoms with Crippen LogP contribution in [0.2, 0.25) is 0 Å². The molecule has 4 heteroatoms. The molecule has 202 valence electrons. The van der Waals surface area contributed by atoms with Gasteiger partial charge in [-0.25, -0.2) is 15.0 Å². The van der Waals surface area contributed by atoms with E-state index in [4.69, 9.17) is 15.4 Å². The molecule has 8 rings (SSSR count). The van der Waals surface area contributed by atoms with Gasteiger partial charge in [-0.1, -0.05) is 133 Å². The first kappa shape index (κ1) is 15.9. The molecule has 0 amide bonds. The van der Waals surface area contributed by atoms with Gasteiger partial charge in [0.25, 0.3) is 0 Å². The van der Waals surface area contributed by atoms with Crippen molar-refractivity contribution >= 4 is 21.9 Å². The van der Waals surface area contributed by atoms with E-state index in [1.165, 1.54) is 0 Å². The van der Waals surface area contributed by atoms with Gasteiger partial charge in [-0.2, -0.15) is 0 Å². The minimum absolute atomic E-state index is 0.00364. The summed E-state index contributed by atoms with van der Waals surface area (Å²) in [6.45, 7) is 0. The van der Waals surface area contributed by atoms with Crippen LogP contribution >= 0.6 is 0 Å².